The van der Waals surface area contributed by atoms with Crippen molar-refractivity contribution in [3.05, 3.63) is 29.3 Å². The van der Waals surface area contributed by atoms with Gasteiger partial charge in [0.1, 0.15) is 5.75 Å². The Morgan fingerprint density at radius 1 is 1.08 bits per heavy atom. The van der Waals surface area contributed by atoms with Crippen molar-refractivity contribution in [2.24, 2.45) is 0 Å². The summed E-state index contributed by atoms with van der Waals surface area (Å²) in [7, 11) is 3.21. The molecule has 1 fully saturated rings. The van der Waals surface area contributed by atoms with Crippen molar-refractivity contribution >= 4 is 11.8 Å². The van der Waals surface area contributed by atoms with E-state index < -0.39 is 0 Å². The Kier molecular flexibility index (Phi) is 6.61. The van der Waals surface area contributed by atoms with Crippen molar-refractivity contribution in [3.63, 3.8) is 0 Å². The predicted molar refractivity (Wildman–Crippen MR) is 91.3 cm³/mol. The molecule has 1 aliphatic rings. The number of rotatable bonds is 5. The molecule has 0 spiro atoms. The molecule has 24 heavy (non-hydrogen) atoms. The lowest BCUT2D eigenvalue weighted by atomic mass is 10.1. The van der Waals surface area contributed by atoms with Crippen LogP contribution in [-0.4, -0.2) is 68.6 Å². The van der Waals surface area contributed by atoms with E-state index in [2.05, 4.69) is 0 Å². The summed E-state index contributed by atoms with van der Waals surface area (Å²) in [4.78, 5) is 28.5. The van der Waals surface area contributed by atoms with Gasteiger partial charge in [0.05, 0.1) is 20.1 Å². The Hall–Kier alpha value is -2.08. The van der Waals surface area contributed by atoms with E-state index in [4.69, 9.17) is 9.47 Å². The highest BCUT2D eigenvalue weighted by atomic mass is 16.5. The van der Waals surface area contributed by atoms with Crippen molar-refractivity contribution in [3.8, 4) is 5.75 Å². The number of aryl methyl sites for hydroxylation is 1. The molecule has 1 aromatic carbocycles. The fourth-order valence-corrected chi connectivity index (χ4v) is 2.91. The van der Waals surface area contributed by atoms with E-state index >= 15 is 0 Å². The zero-order valence-electron chi connectivity index (χ0n) is 14.7. The number of methoxy groups -OCH3 is 2. The van der Waals surface area contributed by atoms with Gasteiger partial charge >= 0.3 is 0 Å². The van der Waals surface area contributed by atoms with E-state index in [-0.39, 0.29) is 11.8 Å². The Morgan fingerprint density at radius 3 is 2.46 bits per heavy atom. The Morgan fingerprint density at radius 2 is 1.79 bits per heavy atom. The third-order valence-corrected chi connectivity index (χ3v) is 4.30. The topological polar surface area (TPSA) is 59.1 Å². The van der Waals surface area contributed by atoms with Crippen LogP contribution in [0.2, 0.25) is 0 Å². The van der Waals surface area contributed by atoms with Crippen LogP contribution in [0.4, 0.5) is 0 Å². The number of hydrogen-bond donors (Lipinski definition) is 0. The smallest absolute Gasteiger partial charge is 0.253 e. The van der Waals surface area contributed by atoms with Gasteiger partial charge in [-0.05, 0) is 37.1 Å². The van der Waals surface area contributed by atoms with Crippen LogP contribution < -0.4 is 4.74 Å². The summed E-state index contributed by atoms with van der Waals surface area (Å²) in [5, 5.41) is 0. The fourth-order valence-electron chi connectivity index (χ4n) is 2.91. The van der Waals surface area contributed by atoms with Gasteiger partial charge in [0.2, 0.25) is 5.91 Å². The highest BCUT2D eigenvalue weighted by Gasteiger charge is 2.23. The molecule has 0 N–H and O–H groups in total. The second-order valence-electron chi connectivity index (χ2n) is 5.95. The number of carbonyl (C=O) groups is 2. The van der Waals surface area contributed by atoms with Gasteiger partial charge in [-0.2, -0.15) is 0 Å². The summed E-state index contributed by atoms with van der Waals surface area (Å²) in [6, 6.07) is 5.47. The first-order valence-electron chi connectivity index (χ1n) is 8.27. The van der Waals surface area contributed by atoms with Crippen LogP contribution in [0, 0.1) is 6.92 Å². The molecule has 1 aromatic rings. The number of ether oxygens (including phenoxy) is 2. The van der Waals surface area contributed by atoms with E-state index in [0.29, 0.717) is 44.8 Å². The first-order chi connectivity index (χ1) is 11.6. The van der Waals surface area contributed by atoms with Crippen molar-refractivity contribution < 1.29 is 19.1 Å². The summed E-state index contributed by atoms with van der Waals surface area (Å²) >= 11 is 0. The Bertz CT molecular complexity index is 588. The number of hydrogen-bond acceptors (Lipinski definition) is 4. The van der Waals surface area contributed by atoms with Gasteiger partial charge in [0.15, 0.2) is 0 Å². The predicted octanol–water partition coefficient (Wildman–Crippen LogP) is 1.71. The van der Waals surface area contributed by atoms with E-state index in [1.807, 2.05) is 28.9 Å². The van der Waals surface area contributed by atoms with Crippen molar-refractivity contribution in [2.75, 3.05) is 47.0 Å². The quantitative estimate of drug-likeness (QED) is 0.823. The van der Waals surface area contributed by atoms with Crippen LogP contribution in [0.5, 0.6) is 5.75 Å². The molecule has 0 unspecified atom stereocenters. The van der Waals surface area contributed by atoms with Gasteiger partial charge in [0, 0.05) is 38.9 Å². The molecule has 2 rings (SSSR count). The number of carbonyl (C=O) groups excluding carboxylic acids is 2. The van der Waals surface area contributed by atoms with Crippen LogP contribution in [0.15, 0.2) is 18.2 Å². The molecule has 1 aliphatic heterocycles. The van der Waals surface area contributed by atoms with Crippen LogP contribution in [-0.2, 0) is 9.53 Å². The summed E-state index contributed by atoms with van der Waals surface area (Å²) in [6.45, 7) is 4.84. The molecule has 1 heterocycles. The Balaban J connectivity index is 1.99. The second kappa shape index (κ2) is 8.68. The van der Waals surface area contributed by atoms with E-state index in [9.17, 15) is 9.59 Å². The molecule has 0 atom stereocenters. The van der Waals surface area contributed by atoms with Crippen molar-refractivity contribution in [1.82, 2.24) is 9.80 Å². The lowest BCUT2D eigenvalue weighted by molar-refractivity contribution is -0.132. The summed E-state index contributed by atoms with van der Waals surface area (Å²) < 4.78 is 10.2. The SMILES string of the molecule is COCCC(=O)N1CCCN(C(=O)c2ccc(OC)c(C)c2)CC1. The maximum atomic E-state index is 12.7. The van der Waals surface area contributed by atoms with Crippen molar-refractivity contribution in [2.45, 2.75) is 19.8 Å². The van der Waals surface area contributed by atoms with Gasteiger partial charge in [-0.3, -0.25) is 9.59 Å². The van der Waals surface area contributed by atoms with Crippen LogP contribution >= 0.6 is 0 Å². The maximum Gasteiger partial charge on any atom is 0.253 e. The third-order valence-electron chi connectivity index (χ3n) is 4.30. The van der Waals surface area contributed by atoms with Crippen LogP contribution in [0.25, 0.3) is 0 Å². The molecule has 0 bridgehead atoms. The molecular weight excluding hydrogens is 308 g/mol. The molecule has 0 aromatic heterocycles. The summed E-state index contributed by atoms with van der Waals surface area (Å²) in [5.74, 6) is 0.871. The molecule has 0 saturated carbocycles. The molecule has 2 amide bonds. The van der Waals surface area contributed by atoms with E-state index in [1.54, 1.807) is 20.3 Å². The highest BCUT2D eigenvalue weighted by molar-refractivity contribution is 5.94. The molecule has 1 saturated heterocycles. The van der Waals surface area contributed by atoms with Gasteiger partial charge in [-0.25, -0.2) is 0 Å². The molecule has 0 aliphatic carbocycles. The average Bonchev–Trinajstić information content (AvgIpc) is 2.85. The fraction of sp³-hybridized carbons (Fsp3) is 0.556. The molecule has 6 nitrogen and oxygen atoms in total. The van der Waals surface area contributed by atoms with E-state index in [0.717, 1.165) is 17.7 Å². The molecule has 0 radical (unpaired) electrons. The second-order valence-corrected chi connectivity index (χ2v) is 5.95. The molecular formula is C18H26N2O4. The van der Waals surface area contributed by atoms with Gasteiger partial charge in [-0.15, -0.1) is 0 Å². The maximum absolute atomic E-state index is 12.7. The normalized spacial score (nSPS) is 15.1. The minimum Gasteiger partial charge on any atom is -0.496 e. The van der Waals surface area contributed by atoms with E-state index in [1.165, 1.54) is 0 Å². The number of benzene rings is 1. The first kappa shape index (κ1) is 18.3. The third kappa shape index (κ3) is 4.47. The first-order valence-corrected chi connectivity index (χ1v) is 8.27. The number of nitrogens with zero attached hydrogens (tertiary/aromatic N) is 2. The standard InChI is InChI=1S/C18H26N2O4/c1-14-13-15(5-6-16(14)24-3)18(22)20-9-4-8-19(10-11-20)17(21)7-12-23-2/h5-6,13H,4,7-12H2,1-3H3. The summed E-state index contributed by atoms with van der Waals surface area (Å²) in [5.41, 5.74) is 1.60. The van der Waals surface area contributed by atoms with Crippen molar-refractivity contribution in [1.29, 1.82) is 0 Å². The lowest BCUT2D eigenvalue weighted by Crippen LogP contribution is -2.37. The number of amides is 2. The molecule has 132 valence electrons. The minimum absolute atomic E-state index is 0.00643. The van der Waals surface area contributed by atoms with Gasteiger partial charge in [-0.1, -0.05) is 0 Å². The Labute approximate surface area is 143 Å². The average molecular weight is 334 g/mol. The largest absolute Gasteiger partial charge is 0.496 e. The highest BCUT2D eigenvalue weighted by Crippen LogP contribution is 2.20. The zero-order chi connectivity index (χ0) is 17.5. The monoisotopic (exact) mass is 334 g/mol. The summed E-state index contributed by atoms with van der Waals surface area (Å²) in [6.07, 6.45) is 1.18. The van der Waals surface area contributed by atoms with Crippen LogP contribution in [0.3, 0.4) is 0 Å². The van der Waals surface area contributed by atoms with Gasteiger partial charge in [0.25, 0.3) is 5.91 Å². The lowest BCUT2D eigenvalue weighted by Gasteiger charge is -2.22. The van der Waals surface area contributed by atoms with Crippen LogP contribution in [0.1, 0.15) is 28.8 Å². The zero-order valence-corrected chi connectivity index (χ0v) is 14.7. The minimum atomic E-state index is 0.00643. The molecule has 6 heteroatoms. The van der Waals surface area contributed by atoms with Gasteiger partial charge < -0.3 is 19.3 Å².